The molecule has 1 fully saturated rings. The van der Waals surface area contributed by atoms with E-state index >= 15 is 0 Å². The second-order valence-corrected chi connectivity index (χ2v) is 9.60. The van der Waals surface area contributed by atoms with Gasteiger partial charge in [0.25, 0.3) is 0 Å². The summed E-state index contributed by atoms with van der Waals surface area (Å²) in [6.45, 7) is 11.2. The number of carboxylic acid groups (broad SMARTS) is 1. The van der Waals surface area contributed by atoms with Crippen LogP contribution in [0.15, 0.2) is 48.8 Å². The van der Waals surface area contributed by atoms with Gasteiger partial charge in [0.2, 0.25) is 0 Å². The van der Waals surface area contributed by atoms with E-state index in [9.17, 15) is 9.90 Å². The number of aromatic nitrogens is 2. The van der Waals surface area contributed by atoms with Gasteiger partial charge >= 0.3 is 5.97 Å². The van der Waals surface area contributed by atoms with E-state index in [4.69, 9.17) is 5.11 Å². The van der Waals surface area contributed by atoms with Crippen molar-refractivity contribution in [2.75, 3.05) is 24.5 Å². The zero-order valence-corrected chi connectivity index (χ0v) is 19.2. The van der Waals surface area contributed by atoms with Crippen LogP contribution >= 0.6 is 0 Å². The fraction of sp³-hybridized carbons (Fsp3) is 0.440. The molecule has 170 valence electrons. The third kappa shape index (κ3) is 4.64. The standard InChI is InChI=1S/C25H32N4O3/c1-17-13-28(14-18(2)29(17)16-25(3,4)32)22-9-11-26-23-21(22)10-12-27(23)15-19-5-7-20(8-6-19)24(30)31/h5-12,17-18,32H,13-16H2,1-4H3,(H,30,31)/t17-,18+. The SMILES string of the molecule is C[C@@H]1CN(c2ccnc3c2ccn3Cc2ccc(C(=O)O)cc2)C[C@H](C)N1CC(C)(C)O. The third-order valence-corrected chi connectivity index (χ3v) is 6.20. The molecule has 7 nitrogen and oxygen atoms in total. The second-order valence-electron chi connectivity index (χ2n) is 9.60. The molecule has 0 saturated carbocycles. The first-order valence-electron chi connectivity index (χ1n) is 11.1. The molecule has 4 rings (SSSR count). The van der Waals surface area contributed by atoms with Crippen molar-refractivity contribution in [2.45, 2.75) is 51.9 Å². The first-order valence-corrected chi connectivity index (χ1v) is 11.1. The Morgan fingerprint density at radius 1 is 1.09 bits per heavy atom. The number of β-amino-alcohol motifs (C(OH)–C–C–N with tert-alkyl or cyclic N) is 1. The molecule has 32 heavy (non-hydrogen) atoms. The molecule has 3 heterocycles. The lowest BCUT2D eigenvalue weighted by molar-refractivity contribution is 0.00250. The summed E-state index contributed by atoms with van der Waals surface area (Å²) in [6, 6.07) is 11.8. The molecule has 0 radical (unpaired) electrons. The largest absolute Gasteiger partial charge is 0.478 e. The first kappa shape index (κ1) is 22.3. The van der Waals surface area contributed by atoms with Crippen LogP contribution in [0, 0.1) is 0 Å². The number of anilines is 1. The molecular weight excluding hydrogens is 404 g/mol. The van der Waals surface area contributed by atoms with Gasteiger partial charge in [-0.05, 0) is 57.5 Å². The summed E-state index contributed by atoms with van der Waals surface area (Å²) in [6.07, 6.45) is 3.91. The van der Waals surface area contributed by atoms with Crippen molar-refractivity contribution in [2.24, 2.45) is 0 Å². The highest BCUT2D eigenvalue weighted by molar-refractivity contribution is 5.90. The van der Waals surface area contributed by atoms with E-state index in [1.807, 2.05) is 38.4 Å². The third-order valence-electron chi connectivity index (χ3n) is 6.20. The second kappa shape index (κ2) is 8.56. The quantitative estimate of drug-likeness (QED) is 0.616. The van der Waals surface area contributed by atoms with Gasteiger partial charge in [0.05, 0.1) is 11.2 Å². The maximum atomic E-state index is 11.1. The Morgan fingerprint density at radius 2 is 1.75 bits per heavy atom. The topological polar surface area (TPSA) is 81.8 Å². The Kier molecular flexibility index (Phi) is 5.97. The average molecular weight is 437 g/mol. The van der Waals surface area contributed by atoms with E-state index in [0.717, 1.165) is 29.7 Å². The number of carboxylic acids is 1. The van der Waals surface area contributed by atoms with Crippen LogP contribution in [-0.2, 0) is 6.54 Å². The molecule has 3 aromatic rings. The zero-order valence-electron chi connectivity index (χ0n) is 19.2. The van der Waals surface area contributed by atoms with Crippen molar-refractivity contribution in [3.63, 3.8) is 0 Å². The van der Waals surface area contributed by atoms with Crippen LogP contribution in [0.1, 0.15) is 43.6 Å². The number of hydrogen-bond acceptors (Lipinski definition) is 5. The number of fused-ring (bicyclic) bond motifs is 1. The number of aromatic carboxylic acids is 1. The Balaban J connectivity index is 1.56. The summed E-state index contributed by atoms with van der Waals surface area (Å²) in [5.74, 6) is -0.916. The van der Waals surface area contributed by atoms with E-state index in [1.54, 1.807) is 12.1 Å². The molecule has 7 heteroatoms. The number of hydrogen-bond donors (Lipinski definition) is 2. The van der Waals surface area contributed by atoms with E-state index in [0.29, 0.717) is 30.7 Å². The maximum Gasteiger partial charge on any atom is 0.335 e. The number of carbonyl (C=O) groups is 1. The van der Waals surface area contributed by atoms with Crippen LogP contribution in [0.4, 0.5) is 5.69 Å². The fourth-order valence-electron chi connectivity index (χ4n) is 4.74. The van der Waals surface area contributed by atoms with Crippen LogP contribution in [0.2, 0.25) is 0 Å². The molecule has 1 aromatic carbocycles. The van der Waals surface area contributed by atoms with Crippen molar-refractivity contribution in [1.29, 1.82) is 0 Å². The first-order chi connectivity index (χ1) is 15.1. The average Bonchev–Trinajstić information content (AvgIpc) is 3.13. The van der Waals surface area contributed by atoms with Gasteiger partial charge < -0.3 is 19.7 Å². The van der Waals surface area contributed by atoms with Gasteiger partial charge in [-0.2, -0.15) is 0 Å². The van der Waals surface area contributed by atoms with Gasteiger partial charge in [-0.15, -0.1) is 0 Å². The van der Waals surface area contributed by atoms with E-state index in [2.05, 4.69) is 45.3 Å². The number of aliphatic hydroxyl groups is 1. The highest BCUT2D eigenvalue weighted by Crippen LogP contribution is 2.30. The predicted molar refractivity (Wildman–Crippen MR) is 126 cm³/mol. The van der Waals surface area contributed by atoms with Gasteiger partial charge in [0.1, 0.15) is 5.65 Å². The molecule has 0 spiro atoms. The van der Waals surface area contributed by atoms with Crippen molar-refractivity contribution in [3.05, 3.63) is 59.9 Å². The molecule has 1 aliphatic heterocycles. The van der Waals surface area contributed by atoms with E-state index < -0.39 is 11.6 Å². The lowest BCUT2D eigenvalue weighted by atomic mass is 10.0. The smallest absolute Gasteiger partial charge is 0.335 e. The number of pyridine rings is 1. The Morgan fingerprint density at radius 3 is 2.34 bits per heavy atom. The predicted octanol–water partition coefficient (Wildman–Crippen LogP) is 3.45. The van der Waals surface area contributed by atoms with E-state index in [-0.39, 0.29) is 0 Å². The highest BCUT2D eigenvalue weighted by Gasteiger charge is 2.33. The molecular formula is C25H32N4O3. The molecule has 2 atom stereocenters. The Hall–Kier alpha value is -2.90. The molecule has 1 saturated heterocycles. The fourth-order valence-corrected chi connectivity index (χ4v) is 4.74. The Labute approximate surface area is 188 Å². The minimum absolute atomic E-state index is 0.290. The lowest BCUT2D eigenvalue weighted by Crippen LogP contribution is -2.59. The molecule has 0 unspecified atom stereocenters. The summed E-state index contributed by atoms with van der Waals surface area (Å²) < 4.78 is 2.10. The summed E-state index contributed by atoms with van der Waals surface area (Å²) >= 11 is 0. The lowest BCUT2D eigenvalue weighted by Gasteiger charge is -2.47. The summed E-state index contributed by atoms with van der Waals surface area (Å²) in [7, 11) is 0. The van der Waals surface area contributed by atoms with Crippen LogP contribution in [0.25, 0.3) is 11.0 Å². The van der Waals surface area contributed by atoms with Gasteiger partial charge in [0, 0.05) is 61.7 Å². The Bertz CT molecular complexity index is 1090. The number of rotatable bonds is 6. The van der Waals surface area contributed by atoms with E-state index in [1.165, 1.54) is 5.69 Å². The van der Waals surface area contributed by atoms with Gasteiger partial charge in [-0.1, -0.05) is 12.1 Å². The van der Waals surface area contributed by atoms with Crippen molar-refractivity contribution >= 4 is 22.7 Å². The van der Waals surface area contributed by atoms with Crippen LogP contribution in [0.5, 0.6) is 0 Å². The normalized spacial score (nSPS) is 20.1. The van der Waals surface area contributed by atoms with Crippen LogP contribution < -0.4 is 4.90 Å². The minimum atomic E-state index is -0.916. The monoisotopic (exact) mass is 436 g/mol. The van der Waals surface area contributed by atoms with Crippen molar-refractivity contribution in [3.8, 4) is 0 Å². The number of piperazine rings is 1. The molecule has 0 bridgehead atoms. The molecule has 2 N–H and O–H groups in total. The summed E-state index contributed by atoms with van der Waals surface area (Å²) in [5, 5.41) is 20.5. The van der Waals surface area contributed by atoms with Gasteiger partial charge in [-0.25, -0.2) is 9.78 Å². The molecule has 2 aromatic heterocycles. The molecule has 0 aliphatic carbocycles. The number of benzene rings is 1. The molecule has 1 aliphatic rings. The van der Waals surface area contributed by atoms with Crippen LogP contribution in [0.3, 0.4) is 0 Å². The molecule has 0 amide bonds. The highest BCUT2D eigenvalue weighted by atomic mass is 16.4. The van der Waals surface area contributed by atoms with Crippen LogP contribution in [-0.4, -0.2) is 68.0 Å². The summed E-state index contributed by atoms with van der Waals surface area (Å²) in [5.41, 5.74) is 2.70. The van der Waals surface area contributed by atoms with Crippen molar-refractivity contribution < 1.29 is 15.0 Å². The minimum Gasteiger partial charge on any atom is -0.478 e. The summed E-state index contributed by atoms with van der Waals surface area (Å²) in [4.78, 5) is 20.5. The van der Waals surface area contributed by atoms with Gasteiger partial charge in [0.15, 0.2) is 0 Å². The van der Waals surface area contributed by atoms with Gasteiger partial charge in [-0.3, -0.25) is 4.90 Å². The number of nitrogens with zero attached hydrogens (tertiary/aromatic N) is 4. The zero-order chi connectivity index (χ0) is 23.0. The maximum absolute atomic E-state index is 11.1. The van der Waals surface area contributed by atoms with Crippen molar-refractivity contribution in [1.82, 2.24) is 14.5 Å².